The second kappa shape index (κ2) is 6.17. The first-order chi connectivity index (χ1) is 9.49. The van der Waals surface area contributed by atoms with E-state index in [9.17, 15) is 13.2 Å². The van der Waals surface area contributed by atoms with E-state index in [-0.39, 0.29) is 18.9 Å². The Balaban J connectivity index is 1.85. The first kappa shape index (κ1) is 14.7. The molecule has 0 spiro atoms. The normalized spacial score (nSPS) is 23.1. The van der Waals surface area contributed by atoms with Crippen LogP contribution < -0.4 is 5.32 Å². The molecule has 5 heteroatoms. The van der Waals surface area contributed by atoms with Gasteiger partial charge >= 0.3 is 6.18 Å². The quantitative estimate of drug-likeness (QED) is 0.898. The van der Waals surface area contributed by atoms with Gasteiger partial charge in [0.1, 0.15) is 0 Å². The molecule has 0 amide bonds. The smallest absolute Gasteiger partial charge is 0.382 e. The number of hydrogen-bond acceptors (Lipinski definition) is 2. The fraction of sp³-hybridized carbons (Fsp3) is 0.533. The second-order valence-corrected chi connectivity index (χ2v) is 5.27. The minimum Gasteiger partial charge on any atom is -0.382 e. The molecular weight excluding hydrogens is 265 g/mol. The molecule has 1 saturated carbocycles. The second-order valence-electron chi connectivity index (χ2n) is 5.27. The van der Waals surface area contributed by atoms with Gasteiger partial charge in [-0.25, -0.2) is 0 Å². The SMILES string of the molecule is N#CCc1ccc(NC2CCC(C(F)(F)F)CC2)cc1. The molecule has 2 nitrogen and oxygen atoms in total. The molecule has 0 aromatic heterocycles. The molecule has 1 aliphatic carbocycles. The monoisotopic (exact) mass is 282 g/mol. The summed E-state index contributed by atoms with van der Waals surface area (Å²) in [6.45, 7) is 0. The van der Waals surface area contributed by atoms with Crippen LogP contribution in [0.2, 0.25) is 0 Å². The van der Waals surface area contributed by atoms with Gasteiger partial charge < -0.3 is 5.32 Å². The van der Waals surface area contributed by atoms with Gasteiger partial charge in [-0.05, 0) is 43.4 Å². The van der Waals surface area contributed by atoms with Gasteiger partial charge in [-0.2, -0.15) is 18.4 Å². The van der Waals surface area contributed by atoms with Crippen molar-refractivity contribution >= 4 is 5.69 Å². The van der Waals surface area contributed by atoms with Gasteiger partial charge in [-0.3, -0.25) is 0 Å². The first-order valence-electron chi connectivity index (χ1n) is 6.78. The predicted octanol–water partition coefficient (Wildman–Crippen LogP) is 4.29. The van der Waals surface area contributed by atoms with Crippen LogP contribution in [0.15, 0.2) is 24.3 Å². The average Bonchev–Trinajstić information content (AvgIpc) is 2.41. The Morgan fingerprint density at radius 2 is 1.70 bits per heavy atom. The third-order valence-electron chi connectivity index (χ3n) is 3.80. The zero-order chi connectivity index (χ0) is 14.6. The summed E-state index contributed by atoms with van der Waals surface area (Å²) in [5, 5.41) is 11.9. The van der Waals surface area contributed by atoms with Crippen LogP contribution in [-0.2, 0) is 6.42 Å². The van der Waals surface area contributed by atoms with Crippen LogP contribution in [0.1, 0.15) is 31.2 Å². The molecule has 0 atom stereocenters. The van der Waals surface area contributed by atoms with Gasteiger partial charge in [0, 0.05) is 11.7 Å². The van der Waals surface area contributed by atoms with E-state index >= 15 is 0 Å². The number of rotatable bonds is 3. The van der Waals surface area contributed by atoms with Crippen LogP contribution in [0.4, 0.5) is 18.9 Å². The van der Waals surface area contributed by atoms with E-state index in [4.69, 9.17) is 5.26 Å². The largest absolute Gasteiger partial charge is 0.391 e. The first-order valence-corrected chi connectivity index (χ1v) is 6.78. The summed E-state index contributed by atoms with van der Waals surface area (Å²) in [6.07, 6.45) is -2.18. The van der Waals surface area contributed by atoms with Crippen molar-refractivity contribution in [2.75, 3.05) is 5.32 Å². The van der Waals surface area contributed by atoms with Gasteiger partial charge in [-0.1, -0.05) is 12.1 Å². The average molecular weight is 282 g/mol. The Kier molecular flexibility index (Phi) is 4.53. The lowest BCUT2D eigenvalue weighted by atomic mass is 9.85. The molecule has 1 aromatic rings. The lowest BCUT2D eigenvalue weighted by Crippen LogP contribution is -2.32. The molecule has 108 valence electrons. The number of nitriles is 1. The van der Waals surface area contributed by atoms with E-state index in [0.29, 0.717) is 19.3 Å². The van der Waals surface area contributed by atoms with Gasteiger partial charge in [-0.15, -0.1) is 0 Å². The van der Waals surface area contributed by atoms with Crippen LogP contribution in [0.5, 0.6) is 0 Å². The Bertz CT molecular complexity index is 465. The number of nitrogens with zero attached hydrogens (tertiary/aromatic N) is 1. The van der Waals surface area contributed by atoms with Crippen LogP contribution in [-0.4, -0.2) is 12.2 Å². The summed E-state index contributed by atoms with van der Waals surface area (Å²) < 4.78 is 37.7. The molecule has 1 fully saturated rings. The minimum atomic E-state index is -4.05. The van der Waals surface area contributed by atoms with Crippen molar-refractivity contribution in [1.29, 1.82) is 5.26 Å². The van der Waals surface area contributed by atoms with E-state index in [1.165, 1.54) is 0 Å². The minimum absolute atomic E-state index is 0.107. The standard InChI is InChI=1S/C15H17F3N2/c16-15(17,18)12-3-7-14(8-4-12)20-13-5-1-11(2-6-13)9-10-19/h1-2,5-6,12,14,20H,3-4,7-9H2. The maximum absolute atomic E-state index is 12.6. The Hall–Kier alpha value is -1.70. The molecule has 0 unspecified atom stereocenters. The maximum atomic E-state index is 12.6. The molecule has 1 aromatic carbocycles. The van der Waals surface area contributed by atoms with Crippen LogP contribution >= 0.6 is 0 Å². The Morgan fingerprint density at radius 1 is 1.10 bits per heavy atom. The maximum Gasteiger partial charge on any atom is 0.391 e. The number of nitrogens with one attached hydrogen (secondary N) is 1. The highest BCUT2D eigenvalue weighted by atomic mass is 19.4. The van der Waals surface area contributed by atoms with Crippen LogP contribution in [0.3, 0.4) is 0 Å². The van der Waals surface area contributed by atoms with Crippen molar-refractivity contribution in [2.45, 2.75) is 44.3 Å². The molecule has 0 bridgehead atoms. The van der Waals surface area contributed by atoms with E-state index in [0.717, 1.165) is 11.3 Å². The third kappa shape index (κ3) is 3.89. The van der Waals surface area contributed by atoms with E-state index in [1.807, 2.05) is 24.3 Å². The highest BCUT2D eigenvalue weighted by Crippen LogP contribution is 2.38. The summed E-state index contributed by atoms with van der Waals surface area (Å²) in [5.74, 6) is -1.14. The molecule has 1 N–H and O–H groups in total. The van der Waals surface area contributed by atoms with E-state index < -0.39 is 12.1 Å². The van der Waals surface area contributed by atoms with Crippen molar-refractivity contribution in [1.82, 2.24) is 0 Å². The fourth-order valence-electron chi connectivity index (χ4n) is 2.61. The molecule has 2 rings (SSSR count). The van der Waals surface area contributed by atoms with E-state index in [1.54, 1.807) is 0 Å². The summed E-state index contributed by atoms with van der Waals surface area (Å²) in [5.41, 5.74) is 1.85. The van der Waals surface area contributed by atoms with Crippen molar-refractivity contribution in [2.24, 2.45) is 5.92 Å². The van der Waals surface area contributed by atoms with E-state index in [2.05, 4.69) is 11.4 Å². The Labute approximate surface area is 116 Å². The summed E-state index contributed by atoms with van der Waals surface area (Å²) in [6, 6.07) is 9.67. The molecule has 0 heterocycles. The number of anilines is 1. The zero-order valence-electron chi connectivity index (χ0n) is 11.1. The van der Waals surface area contributed by atoms with Gasteiger partial charge in [0.2, 0.25) is 0 Å². The van der Waals surface area contributed by atoms with Gasteiger partial charge in [0.25, 0.3) is 0 Å². The number of hydrogen-bond donors (Lipinski definition) is 1. The van der Waals surface area contributed by atoms with Crippen LogP contribution in [0, 0.1) is 17.2 Å². The lowest BCUT2D eigenvalue weighted by molar-refractivity contribution is -0.182. The number of halogens is 3. The predicted molar refractivity (Wildman–Crippen MR) is 71.2 cm³/mol. The molecule has 20 heavy (non-hydrogen) atoms. The number of benzene rings is 1. The van der Waals surface area contributed by atoms with Crippen molar-refractivity contribution < 1.29 is 13.2 Å². The van der Waals surface area contributed by atoms with Gasteiger partial charge in [0.05, 0.1) is 18.4 Å². The lowest BCUT2D eigenvalue weighted by Gasteiger charge is -2.30. The highest BCUT2D eigenvalue weighted by Gasteiger charge is 2.41. The summed E-state index contributed by atoms with van der Waals surface area (Å²) >= 11 is 0. The molecule has 0 aliphatic heterocycles. The fourth-order valence-corrected chi connectivity index (χ4v) is 2.61. The Morgan fingerprint density at radius 3 is 2.20 bits per heavy atom. The van der Waals surface area contributed by atoms with Gasteiger partial charge in [0.15, 0.2) is 0 Å². The zero-order valence-corrected chi connectivity index (χ0v) is 11.1. The molecule has 0 saturated heterocycles. The topological polar surface area (TPSA) is 35.8 Å². The third-order valence-corrected chi connectivity index (χ3v) is 3.80. The summed E-state index contributed by atoms with van der Waals surface area (Å²) in [7, 11) is 0. The van der Waals surface area contributed by atoms with Crippen molar-refractivity contribution in [3.63, 3.8) is 0 Å². The van der Waals surface area contributed by atoms with Crippen molar-refractivity contribution in [3.05, 3.63) is 29.8 Å². The molecule has 0 radical (unpaired) electrons. The molecule has 1 aliphatic rings. The highest BCUT2D eigenvalue weighted by molar-refractivity contribution is 5.45. The summed E-state index contributed by atoms with van der Waals surface area (Å²) in [4.78, 5) is 0. The number of alkyl halides is 3. The van der Waals surface area contributed by atoms with Crippen LogP contribution in [0.25, 0.3) is 0 Å². The van der Waals surface area contributed by atoms with Crippen molar-refractivity contribution in [3.8, 4) is 6.07 Å². The molecular formula is C15H17F3N2.